The Bertz CT molecular complexity index is 587. The van der Waals surface area contributed by atoms with Crippen molar-refractivity contribution >= 4 is 5.95 Å². The highest BCUT2D eigenvalue weighted by Gasteiger charge is 2.12. The van der Waals surface area contributed by atoms with E-state index in [4.69, 9.17) is 4.74 Å². The van der Waals surface area contributed by atoms with Gasteiger partial charge in [-0.15, -0.1) is 0 Å². The fourth-order valence-electron chi connectivity index (χ4n) is 1.77. The molecule has 1 heterocycles. The minimum absolute atomic E-state index is 0.358. The predicted molar refractivity (Wildman–Crippen MR) is 72.9 cm³/mol. The number of anilines is 1. The van der Waals surface area contributed by atoms with E-state index in [1.165, 1.54) is 13.2 Å². The summed E-state index contributed by atoms with van der Waals surface area (Å²) >= 11 is 0. The number of benzene rings is 1. The van der Waals surface area contributed by atoms with Gasteiger partial charge in [0.25, 0.3) is 0 Å². The third kappa shape index (κ3) is 2.81. The van der Waals surface area contributed by atoms with Crippen LogP contribution in [-0.4, -0.2) is 23.6 Å². The summed E-state index contributed by atoms with van der Waals surface area (Å²) in [6, 6.07) is 4.73. The second-order valence-corrected chi connectivity index (χ2v) is 4.10. The Kier molecular flexibility index (Phi) is 3.94. The van der Waals surface area contributed by atoms with Gasteiger partial charge in [0.1, 0.15) is 11.6 Å². The highest BCUT2D eigenvalue weighted by Crippen LogP contribution is 2.27. The lowest BCUT2D eigenvalue weighted by molar-refractivity contribution is 0.411. The molecule has 2 aromatic rings. The normalized spacial score (nSPS) is 10.3. The Hall–Kier alpha value is -2.17. The standard InChI is InChI=1S/C14H16FN3O/c1-4-16-14-17-8-9(2)13(18-14)11-6-5-10(19-3)7-12(11)15/h5-8H,4H2,1-3H3,(H,16,17,18). The molecule has 1 N–H and O–H groups in total. The fourth-order valence-corrected chi connectivity index (χ4v) is 1.77. The molecule has 19 heavy (non-hydrogen) atoms. The summed E-state index contributed by atoms with van der Waals surface area (Å²) in [5.74, 6) is 0.627. The number of halogens is 1. The van der Waals surface area contributed by atoms with Crippen LogP contribution in [0.5, 0.6) is 5.75 Å². The summed E-state index contributed by atoms with van der Waals surface area (Å²) in [4.78, 5) is 8.49. The molecular weight excluding hydrogens is 245 g/mol. The number of rotatable bonds is 4. The van der Waals surface area contributed by atoms with Crippen molar-refractivity contribution in [1.29, 1.82) is 0 Å². The van der Waals surface area contributed by atoms with Crippen LogP contribution in [0.25, 0.3) is 11.3 Å². The van der Waals surface area contributed by atoms with Crippen LogP contribution in [0, 0.1) is 12.7 Å². The summed E-state index contributed by atoms with van der Waals surface area (Å²) in [5, 5.41) is 3.02. The zero-order valence-corrected chi connectivity index (χ0v) is 11.2. The molecular formula is C14H16FN3O. The number of aromatic nitrogens is 2. The number of nitrogens with zero attached hydrogens (tertiary/aromatic N) is 2. The Labute approximate surface area is 111 Å². The van der Waals surface area contributed by atoms with Crippen LogP contribution in [0.3, 0.4) is 0 Å². The summed E-state index contributed by atoms with van der Waals surface area (Å²) in [6.45, 7) is 4.53. The molecule has 0 spiro atoms. The number of nitrogens with one attached hydrogen (secondary N) is 1. The molecule has 0 aliphatic heterocycles. The summed E-state index contributed by atoms with van der Waals surface area (Å²) in [5.41, 5.74) is 1.86. The van der Waals surface area contributed by atoms with Crippen molar-refractivity contribution in [3.05, 3.63) is 35.8 Å². The molecule has 0 saturated heterocycles. The highest BCUT2D eigenvalue weighted by molar-refractivity contribution is 5.65. The summed E-state index contributed by atoms with van der Waals surface area (Å²) in [7, 11) is 1.51. The van der Waals surface area contributed by atoms with E-state index in [1.807, 2.05) is 13.8 Å². The second kappa shape index (κ2) is 5.65. The largest absolute Gasteiger partial charge is 0.497 e. The van der Waals surface area contributed by atoms with Crippen molar-refractivity contribution in [1.82, 2.24) is 9.97 Å². The van der Waals surface area contributed by atoms with Crippen LogP contribution in [0.15, 0.2) is 24.4 Å². The molecule has 0 bridgehead atoms. The lowest BCUT2D eigenvalue weighted by atomic mass is 10.1. The van der Waals surface area contributed by atoms with Crippen LogP contribution >= 0.6 is 0 Å². The topological polar surface area (TPSA) is 47.0 Å². The lowest BCUT2D eigenvalue weighted by Gasteiger charge is -2.09. The molecule has 1 aromatic carbocycles. The van der Waals surface area contributed by atoms with Crippen molar-refractivity contribution < 1.29 is 9.13 Å². The van der Waals surface area contributed by atoms with Crippen LogP contribution in [-0.2, 0) is 0 Å². The Morgan fingerprint density at radius 2 is 2.16 bits per heavy atom. The third-order valence-electron chi connectivity index (χ3n) is 2.74. The van der Waals surface area contributed by atoms with Gasteiger partial charge in [-0.2, -0.15) is 0 Å². The summed E-state index contributed by atoms with van der Waals surface area (Å²) in [6.07, 6.45) is 1.68. The monoisotopic (exact) mass is 261 g/mol. The minimum atomic E-state index is -0.358. The molecule has 2 rings (SSSR count). The van der Waals surface area contributed by atoms with Crippen molar-refractivity contribution in [2.45, 2.75) is 13.8 Å². The molecule has 1 aromatic heterocycles. The maximum absolute atomic E-state index is 14.1. The molecule has 0 fully saturated rings. The summed E-state index contributed by atoms with van der Waals surface area (Å²) < 4.78 is 19.1. The number of aryl methyl sites for hydroxylation is 1. The average molecular weight is 261 g/mol. The van der Waals surface area contributed by atoms with Gasteiger partial charge < -0.3 is 10.1 Å². The van der Waals surface area contributed by atoms with Gasteiger partial charge in [0.15, 0.2) is 0 Å². The van der Waals surface area contributed by atoms with Crippen molar-refractivity contribution in [2.24, 2.45) is 0 Å². The van der Waals surface area contributed by atoms with E-state index in [0.29, 0.717) is 29.5 Å². The van der Waals surface area contributed by atoms with Crippen LogP contribution < -0.4 is 10.1 Å². The van der Waals surface area contributed by atoms with E-state index >= 15 is 0 Å². The third-order valence-corrected chi connectivity index (χ3v) is 2.74. The van der Waals surface area contributed by atoms with E-state index in [9.17, 15) is 4.39 Å². The molecule has 4 nitrogen and oxygen atoms in total. The molecule has 0 amide bonds. The Morgan fingerprint density at radius 1 is 1.37 bits per heavy atom. The van der Waals surface area contributed by atoms with Gasteiger partial charge in [0.05, 0.1) is 12.8 Å². The Balaban J connectivity index is 2.48. The van der Waals surface area contributed by atoms with E-state index in [0.717, 1.165) is 5.56 Å². The zero-order valence-electron chi connectivity index (χ0n) is 11.2. The van der Waals surface area contributed by atoms with Gasteiger partial charge in [-0.25, -0.2) is 14.4 Å². The Morgan fingerprint density at radius 3 is 2.79 bits per heavy atom. The van der Waals surface area contributed by atoms with Crippen molar-refractivity contribution in [3.63, 3.8) is 0 Å². The molecule has 0 aliphatic carbocycles. The molecule has 0 unspecified atom stereocenters. The van der Waals surface area contributed by atoms with Crippen LogP contribution in [0.4, 0.5) is 10.3 Å². The lowest BCUT2D eigenvalue weighted by Crippen LogP contribution is -2.04. The van der Waals surface area contributed by atoms with Gasteiger partial charge in [0.2, 0.25) is 5.95 Å². The first-order valence-electron chi connectivity index (χ1n) is 6.07. The molecule has 5 heteroatoms. The van der Waals surface area contributed by atoms with E-state index in [2.05, 4.69) is 15.3 Å². The fraction of sp³-hybridized carbons (Fsp3) is 0.286. The smallest absolute Gasteiger partial charge is 0.223 e. The van der Waals surface area contributed by atoms with Crippen LogP contribution in [0.2, 0.25) is 0 Å². The SMILES string of the molecule is CCNc1ncc(C)c(-c2ccc(OC)cc2F)n1. The molecule has 100 valence electrons. The number of methoxy groups -OCH3 is 1. The number of ether oxygens (including phenoxy) is 1. The quantitative estimate of drug-likeness (QED) is 0.919. The minimum Gasteiger partial charge on any atom is -0.497 e. The van der Waals surface area contributed by atoms with Gasteiger partial charge in [-0.1, -0.05) is 0 Å². The van der Waals surface area contributed by atoms with E-state index in [-0.39, 0.29) is 5.82 Å². The highest BCUT2D eigenvalue weighted by atomic mass is 19.1. The van der Waals surface area contributed by atoms with Gasteiger partial charge in [-0.3, -0.25) is 0 Å². The van der Waals surface area contributed by atoms with Gasteiger partial charge in [0, 0.05) is 24.4 Å². The molecule has 0 aliphatic rings. The second-order valence-electron chi connectivity index (χ2n) is 4.10. The maximum Gasteiger partial charge on any atom is 0.223 e. The van der Waals surface area contributed by atoms with Crippen LogP contribution in [0.1, 0.15) is 12.5 Å². The zero-order chi connectivity index (χ0) is 13.8. The van der Waals surface area contributed by atoms with Crippen molar-refractivity contribution in [3.8, 4) is 17.0 Å². The van der Waals surface area contributed by atoms with Gasteiger partial charge in [-0.05, 0) is 31.5 Å². The first-order chi connectivity index (χ1) is 9.15. The first kappa shape index (κ1) is 13.3. The molecule has 0 atom stereocenters. The predicted octanol–water partition coefficient (Wildman–Crippen LogP) is 3.03. The first-order valence-corrected chi connectivity index (χ1v) is 6.07. The van der Waals surface area contributed by atoms with Gasteiger partial charge >= 0.3 is 0 Å². The molecule has 0 radical (unpaired) electrons. The van der Waals surface area contributed by atoms with E-state index in [1.54, 1.807) is 18.3 Å². The maximum atomic E-state index is 14.1. The number of hydrogen-bond acceptors (Lipinski definition) is 4. The van der Waals surface area contributed by atoms with E-state index < -0.39 is 0 Å². The number of hydrogen-bond donors (Lipinski definition) is 1. The van der Waals surface area contributed by atoms with Crippen molar-refractivity contribution in [2.75, 3.05) is 19.0 Å². The average Bonchev–Trinajstić information content (AvgIpc) is 2.41. The molecule has 0 saturated carbocycles.